The van der Waals surface area contributed by atoms with Gasteiger partial charge in [0.1, 0.15) is 5.75 Å². The Morgan fingerprint density at radius 1 is 1.38 bits per heavy atom. The summed E-state index contributed by atoms with van der Waals surface area (Å²) in [5, 5.41) is 3.59. The summed E-state index contributed by atoms with van der Waals surface area (Å²) in [7, 11) is 0. The summed E-state index contributed by atoms with van der Waals surface area (Å²) in [5.41, 5.74) is 2.55. The van der Waals surface area contributed by atoms with E-state index in [1.165, 1.54) is 11.1 Å². The molecule has 0 heterocycles. The molecule has 1 N–H and O–H groups in total. The molecule has 0 radical (unpaired) electrons. The van der Waals surface area contributed by atoms with Gasteiger partial charge in [-0.3, -0.25) is 0 Å². The zero-order valence-electron chi connectivity index (χ0n) is 13.0. The number of ether oxygens (including phenoxy) is 2. The highest BCUT2D eigenvalue weighted by Gasteiger charge is 2.22. The Labute approximate surface area is 126 Å². The molecule has 4 heteroatoms. The van der Waals surface area contributed by atoms with Crippen molar-refractivity contribution in [3.05, 3.63) is 29.3 Å². The predicted molar refractivity (Wildman–Crippen MR) is 82.5 cm³/mol. The highest BCUT2D eigenvalue weighted by atomic mass is 16.6. The zero-order valence-corrected chi connectivity index (χ0v) is 13.0. The number of benzene rings is 1. The van der Waals surface area contributed by atoms with Crippen molar-refractivity contribution >= 4 is 5.97 Å². The zero-order chi connectivity index (χ0) is 15.1. The van der Waals surface area contributed by atoms with Gasteiger partial charge >= 0.3 is 5.97 Å². The third kappa shape index (κ3) is 4.21. The van der Waals surface area contributed by atoms with Crippen LogP contribution >= 0.6 is 0 Å². The lowest BCUT2D eigenvalue weighted by Gasteiger charge is -2.28. The molecule has 1 atom stereocenters. The van der Waals surface area contributed by atoms with Crippen LogP contribution in [0.5, 0.6) is 5.75 Å². The maximum atomic E-state index is 11.4. The summed E-state index contributed by atoms with van der Waals surface area (Å²) in [6, 6.07) is 6.52. The van der Waals surface area contributed by atoms with E-state index in [0.717, 1.165) is 38.0 Å². The Balaban J connectivity index is 2.08. The van der Waals surface area contributed by atoms with Gasteiger partial charge in [0.15, 0.2) is 6.61 Å². The van der Waals surface area contributed by atoms with Gasteiger partial charge in [-0.25, -0.2) is 4.79 Å². The molecule has 1 aliphatic carbocycles. The third-order valence-electron chi connectivity index (χ3n) is 3.76. The van der Waals surface area contributed by atoms with Crippen LogP contribution in [0, 0.1) is 0 Å². The summed E-state index contributed by atoms with van der Waals surface area (Å²) in [6.45, 7) is 5.37. The Hall–Kier alpha value is -1.55. The molecule has 21 heavy (non-hydrogen) atoms. The van der Waals surface area contributed by atoms with Crippen molar-refractivity contribution < 1.29 is 14.3 Å². The molecular formula is C17H25NO3. The molecule has 2 rings (SSSR count). The van der Waals surface area contributed by atoms with E-state index in [4.69, 9.17) is 9.47 Å². The van der Waals surface area contributed by atoms with Gasteiger partial charge < -0.3 is 14.8 Å². The fourth-order valence-electron chi connectivity index (χ4n) is 2.82. The van der Waals surface area contributed by atoms with Crippen molar-refractivity contribution in [3.8, 4) is 5.75 Å². The molecule has 0 aliphatic heterocycles. The summed E-state index contributed by atoms with van der Waals surface area (Å²) in [6.07, 6.45) is 4.45. The first kappa shape index (κ1) is 15.8. The Kier molecular flexibility index (Phi) is 6.05. The van der Waals surface area contributed by atoms with E-state index in [-0.39, 0.29) is 12.6 Å². The SMILES string of the molecule is CCCNC1CCCc2c(OCC(=O)OCC)cccc21. The van der Waals surface area contributed by atoms with E-state index in [9.17, 15) is 4.79 Å². The molecule has 0 fully saturated rings. The number of esters is 1. The van der Waals surface area contributed by atoms with Gasteiger partial charge in [0.05, 0.1) is 6.61 Å². The van der Waals surface area contributed by atoms with Crippen LogP contribution in [0.25, 0.3) is 0 Å². The van der Waals surface area contributed by atoms with Crippen LogP contribution in [0.3, 0.4) is 0 Å². The van der Waals surface area contributed by atoms with Crippen molar-refractivity contribution in [1.29, 1.82) is 0 Å². The molecule has 1 aliphatic rings. The van der Waals surface area contributed by atoms with Crippen LogP contribution in [0.1, 0.15) is 50.3 Å². The first-order valence-electron chi connectivity index (χ1n) is 7.89. The van der Waals surface area contributed by atoms with Gasteiger partial charge in [-0.1, -0.05) is 19.1 Å². The predicted octanol–water partition coefficient (Wildman–Crippen LogP) is 3.01. The fourth-order valence-corrected chi connectivity index (χ4v) is 2.82. The van der Waals surface area contributed by atoms with Gasteiger partial charge in [0.2, 0.25) is 0 Å². The molecule has 0 saturated carbocycles. The molecule has 1 aromatic carbocycles. The second kappa shape index (κ2) is 8.03. The average molecular weight is 291 g/mol. The van der Waals surface area contributed by atoms with Crippen LogP contribution in [-0.2, 0) is 16.0 Å². The summed E-state index contributed by atoms with van der Waals surface area (Å²) in [4.78, 5) is 11.4. The second-order valence-corrected chi connectivity index (χ2v) is 5.32. The topological polar surface area (TPSA) is 47.6 Å². The van der Waals surface area contributed by atoms with Crippen LogP contribution in [0.15, 0.2) is 18.2 Å². The molecule has 0 bridgehead atoms. The molecule has 0 saturated heterocycles. The van der Waals surface area contributed by atoms with Gasteiger partial charge in [-0.15, -0.1) is 0 Å². The van der Waals surface area contributed by atoms with Crippen molar-refractivity contribution in [2.24, 2.45) is 0 Å². The minimum atomic E-state index is -0.313. The van der Waals surface area contributed by atoms with E-state index in [1.54, 1.807) is 6.92 Å². The smallest absolute Gasteiger partial charge is 0.344 e. The molecule has 0 aromatic heterocycles. The quantitative estimate of drug-likeness (QED) is 0.785. The van der Waals surface area contributed by atoms with Crippen molar-refractivity contribution in [3.63, 3.8) is 0 Å². The number of hydrogen-bond donors (Lipinski definition) is 1. The standard InChI is InChI=1S/C17H25NO3/c1-3-11-18-15-9-5-8-14-13(15)7-6-10-16(14)21-12-17(19)20-4-2/h6-7,10,15,18H,3-5,8-9,11-12H2,1-2H3. The molecule has 116 valence electrons. The second-order valence-electron chi connectivity index (χ2n) is 5.32. The lowest BCUT2D eigenvalue weighted by atomic mass is 9.87. The normalized spacial score (nSPS) is 17.1. The average Bonchev–Trinajstić information content (AvgIpc) is 2.51. The molecule has 0 spiro atoms. The molecule has 0 amide bonds. The minimum Gasteiger partial charge on any atom is -0.482 e. The number of rotatable bonds is 7. The Bertz CT molecular complexity index is 473. The molecular weight excluding hydrogens is 266 g/mol. The number of hydrogen-bond acceptors (Lipinski definition) is 4. The summed E-state index contributed by atoms with van der Waals surface area (Å²) in [5.74, 6) is 0.509. The van der Waals surface area contributed by atoms with Crippen LogP contribution in [0.2, 0.25) is 0 Å². The van der Waals surface area contributed by atoms with Crippen LogP contribution in [0.4, 0.5) is 0 Å². The van der Waals surface area contributed by atoms with Gasteiger partial charge in [0.25, 0.3) is 0 Å². The number of carbonyl (C=O) groups excluding carboxylic acids is 1. The summed E-state index contributed by atoms with van der Waals surface area (Å²) >= 11 is 0. The highest BCUT2D eigenvalue weighted by molar-refractivity contribution is 5.71. The monoisotopic (exact) mass is 291 g/mol. The van der Waals surface area contributed by atoms with Gasteiger partial charge in [-0.2, -0.15) is 0 Å². The Morgan fingerprint density at radius 2 is 2.24 bits per heavy atom. The number of nitrogens with one attached hydrogen (secondary N) is 1. The Morgan fingerprint density at radius 3 is 3.00 bits per heavy atom. The maximum Gasteiger partial charge on any atom is 0.344 e. The van der Waals surface area contributed by atoms with E-state index < -0.39 is 0 Å². The first-order valence-corrected chi connectivity index (χ1v) is 7.89. The lowest BCUT2D eigenvalue weighted by Crippen LogP contribution is -2.26. The number of carbonyl (C=O) groups is 1. The third-order valence-corrected chi connectivity index (χ3v) is 3.76. The van der Waals surface area contributed by atoms with Gasteiger partial charge in [-0.05, 0) is 56.3 Å². The number of fused-ring (bicyclic) bond motifs is 1. The highest BCUT2D eigenvalue weighted by Crippen LogP contribution is 2.35. The van der Waals surface area contributed by atoms with E-state index in [0.29, 0.717) is 12.6 Å². The molecule has 1 unspecified atom stereocenters. The first-order chi connectivity index (χ1) is 10.3. The molecule has 1 aromatic rings. The van der Waals surface area contributed by atoms with Crippen LogP contribution < -0.4 is 10.1 Å². The van der Waals surface area contributed by atoms with E-state index in [1.807, 2.05) is 12.1 Å². The van der Waals surface area contributed by atoms with Crippen molar-refractivity contribution in [2.75, 3.05) is 19.8 Å². The van der Waals surface area contributed by atoms with Crippen molar-refractivity contribution in [2.45, 2.75) is 45.6 Å². The fraction of sp³-hybridized carbons (Fsp3) is 0.588. The van der Waals surface area contributed by atoms with E-state index >= 15 is 0 Å². The van der Waals surface area contributed by atoms with Gasteiger partial charge in [0, 0.05) is 6.04 Å². The summed E-state index contributed by atoms with van der Waals surface area (Å²) < 4.78 is 10.6. The maximum absolute atomic E-state index is 11.4. The largest absolute Gasteiger partial charge is 0.482 e. The molecule has 4 nitrogen and oxygen atoms in total. The minimum absolute atomic E-state index is 0.0165. The van der Waals surface area contributed by atoms with Crippen LogP contribution in [-0.4, -0.2) is 25.7 Å². The van der Waals surface area contributed by atoms with E-state index in [2.05, 4.69) is 18.3 Å². The lowest BCUT2D eigenvalue weighted by molar-refractivity contribution is -0.145. The van der Waals surface area contributed by atoms with Crippen molar-refractivity contribution in [1.82, 2.24) is 5.32 Å².